The zero-order valence-corrected chi connectivity index (χ0v) is 14.6. The molecule has 5 nitrogen and oxygen atoms in total. The van der Waals surface area contributed by atoms with Crippen LogP contribution in [0.4, 0.5) is 10.8 Å². The first-order chi connectivity index (χ1) is 12.3. The van der Waals surface area contributed by atoms with E-state index in [0.717, 1.165) is 26.0 Å². The Balaban J connectivity index is 1.44. The van der Waals surface area contributed by atoms with Gasteiger partial charge in [0.05, 0.1) is 10.4 Å². The number of ether oxygens (including phenoxy) is 1. The molecule has 4 rings (SSSR count). The lowest BCUT2D eigenvalue weighted by Crippen LogP contribution is -2.03. The van der Waals surface area contributed by atoms with Gasteiger partial charge in [0.1, 0.15) is 16.3 Å². The second-order valence-electron chi connectivity index (χ2n) is 5.19. The summed E-state index contributed by atoms with van der Waals surface area (Å²) in [5.41, 5.74) is 1.71. The molecular weight excluding hydrogens is 354 g/mol. The highest BCUT2D eigenvalue weighted by molar-refractivity contribution is 7.29. The number of thiazole rings is 1. The maximum atomic E-state index is 12.2. The quantitative estimate of drug-likeness (QED) is 0.511. The maximum Gasteiger partial charge on any atom is 0.348 e. The number of carbonyl (C=O) groups is 1. The summed E-state index contributed by atoms with van der Waals surface area (Å²) in [6.45, 7) is 0.166. The molecule has 1 N–H and O–H groups in total. The van der Waals surface area contributed by atoms with Gasteiger partial charge in [0.15, 0.2) is 5.13 Å². The summed E-state index contributed by atoms with van der Waals surface area (Å²) in [5.74, 6) is -0.349. The number of benzene rings is 1. The van der Waals surface area contributed by atoms with Crippen molar-refractivity contribution < 1.29 is 9.53 Å². The molecule has 0 saturated carbocycles. The summed E-state index contributed by atoms with van der Waals surface area (Å²) in [6, 6.07) is 17.2. The third kappa shape index (κ3) is 3.67. The van der Waals surface area contributed by atoms with E-state index in [2.05, 4.69) is 15.3 Å². The van der Waals surface area contributed by atoms with Gasteiger partial charge in [0.25, 0.3) is 0 Å². The van der Waals surface area contributed by atoms with Gasteiger partial charge in [-0.2, -0.15) is 0 Å². The maximum absolute atomic E-state index is 12.2. The number of hydrogen-bond acceptors (Lipinski definition) is 7. The van der Waals surface area contributed by atoms with Gasteiger partial charge in [-0.1, -0.05) is 35.6 Å². The fraction of sp³-hybridized carbons (Fsp3) is 0.0556. The highest BCUT2D eigenvalue weighted by Gasteiger charge is 2.15. The second kappa shape index (κ2) is 7.00. The predicted molar refractivity (Wildman–Crippen MR) is 101 cm³/mol. The Kier molecular flexibility index (Phi) is 4.41. The first-order valence-electron chi connectivity index (χ1n) is 7.57. The van der Waals surface area contributed by atoms with Gasteiger partial charge in [-0.25, -0.2) is 9.78 Å². The molecule has 25 heavy (non-hydrogen) atoms. The first kappa shape index (κ1) is 15.7. The highest BCUT2D eigenvalue weighted by Crippen LogP contribution is 2.34. The van der Waals surface area contributed by atoms with Crippen molar-refractivity contribution in [1.29, 1.82) is 0 Å². The minimum absolute atomic E-state index is 0.166. The van der Waals surface area contributed by atoms with Crippen molar-refractivity contribution in [3.05, 3.63) is 71.4 Å². The van der Waals surface area contributed by atoms with Crippen LogP contribution in [0.1, 0.15) is 15.4 Å². The lowest BCUT2D eigenvalue weighted by molar-refractivity contribution is 0.0473. The Morgan fingerprint density at radius 3 is 2.68 bits per heavy atom. The third-order valence-electron chi connectivity index (χ3n) is 3.39. The van der Waals surface area contributed by atoms with Crippen molar-refractivity contribution in [2.24, 2.45) is 0 Å². The molecule has 3 heterocycles. The van der Waals surface area contributed by atoms with Crippen LogP contribution in [-0.2, 0) is 11.3 Å². The van der Waals surface area contributed by atoms with Crippen molar-refractivity contribution >= 4 is 49.0 Å². The first-order valence-corrected chi connectivity index (χ1v) is 9.21. The van der Waals surface area contributed by atoms with Gasteiger partial charge < -0.3 is 10.1 Å². The second-order valence-corrected chi connectivity index (χ2v) is 7.25. The Morgan fingerprint density at radius 1 is 1.08 bits per heavy atom. The molecule has 0 spiro atoms. The predicted octanol–water partition coefficient (Wildman–Crippen LogP) is 4.85. The number of aromatic nitrogens is 2. The molecule has 3 aromatic heterocycles. The summed E-state index contributed by atoms with van der Waals surface area (Å²) in [4.78, 5) is 22.2. The number of hydrogen-bond donors (Lipinski definition) is 1. The number of rotatable bonds is 5. The van der Waals surface area contributed by atoms with Crippen molar-refractivity contribution in [3.63, 3.8) is 0 Å². The number of pyridine rings is 1. The smallest absolute Gasteiger partial charge is 0.348 e. The molecule has 1 aromatic carbocycles. The largest absolute Gasteiger partial charge is 0.455 e. The average Bonchev–Trinajstić information content (AvgIpc) is 3.20. The lowest BCUT2D eigenvalue weighted by Gasteiger charge is -2.02. The van der Waals surface area contributed by atoms with Gasteiger partial charge in [0.2, 0.25) is 0 Å². The van der Waals surface area contributed by atoms with Crippen molar-refractivity contribution in [3.8, 4) is 0 Å². The van der Waals surface area contributed by atoms with Gasteiger partial charge >= 0.3 is 5.97 Å². The monoisotopic (exact) mass is 367 g/mol. The third-order valence-corrected chi connectivity index (χ3v) is 5.45. The van der Waals surface area contributed by atoms with E-state index in [1.807, 2.05) is 54.6 Å². The average molecular weight is 367 g/mol. The molecule has 124 valence electrons. The standard InChI is InChI=1S/C18H13N3O2S2/c22-17(23-11-13-8-4-5-9-19-13)15-10-14-16(24-15)21-18(25-14)20-12-6-2-1-3-7-12/h1-10H,11H2,(H,20,21). The number of nitrogens with zero attached hydrogens (tertiary/aromatic N) is 2. The van der Waals surface area contributed by atoms with Crippen LogP contribution in [-0.4, -0.2) is 15.9 Å². The molecule has 0 atom stereocenters. The number of carbonyl (C=O) groups excluding carboxylic acids is 1. The van der Waals surface area contributed by atoms with Gasteiger partial charge in [-0.3, -0.25) is 4.98 Å². The molecule has 0 fully saturated rings. The molecule has 0 saturated heterocycles. The van der Waals surface area contributed by atoms with Crippen LogP contribution in [0, 0.1) is 0 Å². The van der Waals surface area contributed by atoms with Gasteiger partial charge in [0, 0.05) is 11.9 Å². The van der Waals surface area contributed by atoms with Crippen molar-refractivity contribution in [2.45, 2.75) is 6.61 Å². The van der Waals surface area contributed by atoms with E-state index in [1.54, 1.807) is 6.20 Å². The molecule has 4 aromatic rings. The number of nitrogens with one attached hydrogen (secondary N) is 1. The molecule has 0 aliphatic carbocycles. The van der Waals surface area contributed by atoms with E-state index < -0.39 is 0 Å². The molecule has 7 heteroatoms. The molecule has 0 aliphatic heterocycles. The minimum atomic E-state index is -0.349. The topological polar surface area (TPSA) is 64.1 Å². The minimum Gasteiger partial charge on any atom is -0.455 e. The number of esters is 1. The highest BCUT2D eigenvalue weighted by atomic mass is 32.1. The molecule has 0 aliphatic rings. The van der Waals surface area contributed by atoms with Crippen LogP contribution >= 0.6 is 22.7 Å². The summed E-state index contributed by atoms with van der Waals surface area (Å²) >= 11 is 2.85. The summed E-state index contributed by atoms with van der Waals surface area (Å²) < 4.78 is 6.28. The van der Waals surface area contributed by atoms with E-state index in [4.69, 9.17) is 4.74 Å². The van der Waals surface area contributed by atoms with Crippen LogP contribution in [0.15, 0.2) is 60.8 Å². The van der Waals surface area contributed by atoms with Gasteiger partial charge in [-0.15, -0.1) is 11.3 Å². The summed E-state index contributed by atoms with van der Waals surface area (Å²) in [6.07, 6.45) is 1.68. The normalized spacial score (nSPS) is 10.7. The molecule has 0 unspecified atom stereocenters. The van der Waals surface area contributed by atoms with Gasteiger partial charge in [-0.05, 0) is 30.3 Å². The van der Waals surface area contributed by atoms with Crippen LogP contribution < -0.4 is 5.32 Å². The number of thiophene rings is 1. The lowest BCUT2D eigenvalue weighted by atomic mass is 10.3. The van der Waals surface area contributed by atoms with E-state index in [9.17, 15) is 4.79 Å². The van der Waals surface area contributed by atoms with E-state index >= 15 is 0 Å². The summed E-state index contributed by atoms with van der Waals surface area (Å²) in [5, 5.41) is 4.07. The van der Waals surface area contributed by atoms with E-state index in [0.29, 0.717) is 4.88 Å². The fourth-order valence-corrected chi connectivity index (χ4v) is 4.26. The van der Waals surface area contributed by atoms with Crippen LogP contribution in [0.5, 0.6) is 0 Å². The van der Waals surface area contributed by atoms with Crippen LogP contribution in [0.25, 0.3) is 9.53 Å². The van der Waals surface area contributed by atoms with Crippen LogP contribution in [0.3, 0.4) is 0 Å². The number of fused-ring (bicyclic) bond motifs is 1. The van der Waals surface area contributed by atoms with E-state index in [-0.39, 0.29) is 12.6 Å². The molecule has 0 bridgehead atoms. The van der Waals surface area contributed by atoms with Crippen molar-refractivity contribution in [2.75, 3.05) is 5.32 Å². The van der Waals surface area contributed by atoms with Crippen molar-refractivity contribution in [1.82, 2.24) is 9.97 Å². The van der Waals surface area contributed by atoms with Crippen LogP contribution in [0.2, 0.25) is 0 Å². The summed E-state index contributed by atoms with van der Waals surface area (Å²) in [7, 11) is 0. The molecule has 0 radical (unpaired) electrons. The zero-order valence-electron chi connectivity index (χ0n) is 13.0. The SMILES string of the molecule is O=C(OCc1ccccn1)c1cc2sc(Nc3ccccc3)nc2s1. The Bertz CT molecular complexity index is 966. The van der Waals surface area contributed by atoms with E-state index in [1.165, 1.54) is 22.7 Å². The Morgan fingerprint density at radius 2 is 1.92 bits per heavy atom. The molecule has 0 amide bonds. The fourth-order valence-electron chi connectivity index (χ4n) is 2.23. The zero-order chi connectivity index (χ0) is 17.1. The number of anilines is 2. The Hall–Kier alpha value is -2.77. The number of para-hydroxylation sites is 1. The molecular formula is C18H13N3O2S2. The Labute approximate surface area is 152 Å².